The number of para-hydroxylation sites is 1. The number of rotatable bonds is 9. The number of piperidine rings is 1. The summed E-state index contributed by atoms with van der Waals surface area (Å²) in [7, 11) is 1.87. The molecule has 0 radical (unpaired) electrons. The van der Waals surface area contributed by atoms with E-state index in [1.807, 2.05) is 72.6 Å². The number of carbonyl (C=O) groups excluding carboxylic acids is 2. The van der Waals surface area contributed by atoms with E-state index in [0.29, 0.717) is 31.9 Å². The van der Waals surface area contributed by atoms with Crippen molar-refractivity contribution in [2.45, 2.75) is 38.6 Å². The summed E-state index contributed by atoms with van der Waals surface area (Å²) >= 11 is 0. The van der Waals surface area contributed by atoms with Crippen LogP contribution in [0.4, 0.5) is 0 Å². The van der Waals surface area contributed by atoms with Gasteiger partial charge in [-0.2, -0.15) is 0 Å². The maximum atomic E-state index is 12.4. The molecule has 0 atom stereocenters. The highest BCUT2D eigenvalue weighted by molar-refractivity contribution is 5.76. The topological polar surface area (TPSA) is 49.9 Å². The second-order valence-electron chi connectivity index (χ2n) is 8.01. The largest absolute Gasteiger partial charge is 0.493 e. The first-order chi connectivity index (χ1) is 14.6. The molecule has 0 aliphatic carbocycles. The molecule has 1 heterocycles. The average molecular weight is 409 g/mol. The number of nitrogens with zero attached hydrogens (tertiary/aromatic N) is 2. The fraction of sp³-hybridized carbons (Fsp3) is 0.440. The SMILES string of the molecule is CN(Cc1ccccc1)C(=O)CCC1CCN(C(=O)CCOc2ccccc2)CC1. The fourth-order valence-electron chi connectivity index (χ4n) is 3.87. The van der Waals surface area contributed by atoms with Gasteiger partial charge >= 0.3 is 0 Å². The van der Waals surface area contributed by atoms with Gasteiger partial charge in [0.05, 0.1) is 13.0 Å². The fourth-order valence-corrected chi connectivity index (χ4v) is 3.87. The van der Waals surface area contributed by atoms with E-state index < -0.39 is 0 Å². The van der Waals surface area contributed by atoms with Crippen LogP contribution in [0.1, 0.15) is 37.7 Å². The van der Waals surface area contributed by atoms with Gasteiger partial charge in [-0.15, -0.1) is 0 Å². The molecule has 0 bridgehead atoms. The highest BCUT2D eigenvalue weighted by atomic mass is 16.5. The monoisotopic (exact) mass is 408 g/mol. The Labute approximate surface area is 179 Å². The average Bonchev–Trinajstić information content (AvgIpc) is 2.79. The summed E-state index contributed by atoms with van der Waals surface area (Å²) in [6.07, 6.45) is 3.83. The molecule has 2 aromatic rings. The Morgan fingerprint density at radius 1 is 0.967 bits per heavy atom. The first-order valence-corrected chi connectivity index (χ1v) is 10.9. The number of hydrogen-bond donors (Lipinski definition) is 0. The molecular weight excluding hydrogens is 376 g/mol. The van der Waals surface area contributed by atoms with Crippen molar-refractivity contribution in [2.75, 3.05) is 26.7 Å². The summed E-state index contributed by atoms with van der Waals surface area (Å²) < 4.78 is 5.63. The number of likely N-dealkylation sites (tertiary alicyclic amines) is 1. The zero-order valence-corrected chi connectivity index (χ0v) is 17.8. The van der Waals surface area contributed by atoms with Gasteiger partial charge in [0.1, 0.15) is 5.75 Å². The normalized spacial score (nSPS) is 14.4. The van der Waals surface area contributed by atoms with Gasteiger partial charge in [0.15, 0.2) is 0 Å². The molecule has 5 nitrogen and oxygen atoms in total. The van der Waals surface area contributed by atoms with Crippen LogP contribution in [0.3, 0.4) is 0 Å². The molecule has 2 aromatic carbocycles. The van der Waals surface area contributed by atoms with E-state index in [1.165, 1.54) is 0 Å². The lowest BCUT2D eigenvalue weighted by Gasteiger charge is -2.32. The van der Waals surface area contributed by atoms with Crippen molar-refractivity contribution in [2.24, 2.45) is 5.92 Å². The molecule has 0 N–H and O–H groups in total. The van der Waals surface area contributed by atoms with Gasteiger partial charge in [0.25, 0.3) is 0 Å². The summed E-state index contributed by atoms with van der Waals surface area (Å²) in [5, 5.41) is 0. The lowest BCUT2D eigenvalue weighted by molar-refractivity contribution is -0.134. The number of amides is 2. The minimum Gasteiger partial charge on any atom is -0.493 e. The second kappa shape index (κ2) is 11.4. The quantitative estimate of drug-likeness (QED) is 0.627. The number of hydrogen-bond acceptors (Lipinski definition) is 3. The predicted octanol–water partition coefficient (Wildman–Crippen LogP) is 4.13. The summed E-state index contributed by atoms with van der Waals surface area (Å²) in [4.78, 5) is 28.6. The van der Waals surface area contributed by atoms with Crippen LogP contribution in [0.15, 0.2) is 60.7 Å². The molecule has 160 valence electrons. The molecule has 3 rings (SSSR count). The summed E-state index contributed by atoms with van der Waals surface area (Å²) in [6, 6.07) is 19.6. The Balaban J connectivity index is 1.31. The minimum absolute atomic E-state index is 0.156. The van der Waals surface area contributed by atoms with Crippen LogP contribution < -0.4 is 4.74 Å². The van der Waals surface area contributed by atoms with Gasteiger partial charge in [-0.05, 0) is 42.9 Å². The third-order valence-electron chi connectivity index (χ3n) is 5.75. The van der Waals surface area contributed by atoms with E-state index in [1.54, 1.807) is 4.90 Å². The maximum Gasteiger partial charge on any atom is 0.225 e. The van der Waals surface area contributed by atoms with E-state index >= 15 is 0 Å². The van der Waals surface area contributed by atoms with Crippen LogP contribution in [0, 0.1) is 5.92 Å². The molecule has 1 aliphatic heterocycles. The lowest BCUT2D eigenvalue weighted by Crippen LogP contribution is -2.39. The molecule has 1 aliphatic rings. The molecule has 0 saturated carbocycles. The molecule has 0 aromatic heterocycles. The smallest absolute Gasteiger partial charge is 0.225 e. The van der Waals surface area contributed by atoms with Crippen LogP contribution in [0.25, 0.3) is 0 Å². The first-order valence-electron chi connectivity index (χ1n) is 10.9. The molecule has 5 heteroatoms. The van der Waals surface area contributed by atoms with Crippen molar-refractivity contribution >= 4 is 11.8 Å². The summed E-state index contributed by atoms with van der Waals surface area (Å²) in [6.45, 7) is 2.62. The van der Waals surface area contributed by atoms with Gasteiger partial charge in [-0.25, -0.2) is 0 Å². The lowest BCUT2D eigenvalue weighted by atomic mass is 9.92. The Morgan fingerprint density at radius 3 is 2.27 bits per heavy atom. The Bertz CT molecular complexity index is 787. The highest BCUT2D eigenvalue weighted by Crippen LogP contribution is 2.23. The zero-order valence-electron chi connectivity index (χ0n) is 17.8. The molecule has 0 unspecified atom stereocenters. The Hall–Kier alpha value is -2.82. The van der Waals surface area contributed by atoms with Gasteiger partial charge < -0.3 is 14.5 Å². The zero-order chi connectivity index (χ0) is 21.2. The van der Waals surface area contributed by atoms with Crippen LogP contribution >= 0.6 is 0 Å². The van der Waals surface area contributed by atoms with Crippen LogP contribution in [-0.2, 0) is 16.1 Å². The van der Waals surface area contributed by atoms with E-state index in [9.17, 15) is 9.59 Å². The Morgan fingerprint density at radius 2 is 1.60 bits per heavy atom. The van der Waals surface area contributed by atoms with Gasteiger partial charge in [-0.1, -0.05) is 48.5 Å². The molecule has 1 fully saturated rings. The van der Waals surface area contributed by atoms with E-state index in [4.69, 9.17) is 4.74 Å². The molecular formula is C25H32N2O3. The van der Waals surface area contributed by atoms with Gasteiger partial charge in [0.2, 0.25) is 11.8 Å². The number of ether oxygens (including phenoxy) is 1. The van der Waals surface area contributed by atoms with Crippen molar-refractivity contribution in [3.8, 4) is 5.75 Å². The molecule has 0 spiro atoms. The third-order valence-corrected chi connectivity index (χ3v) is 5.75. The molecule has 1 saturated heterocycles. The second-order valence-corrected chi connectivity index (χ2v) is 8.01. The standard InChI is InChI=1S/C25H32N2O3/c1-26(20-22-8-4-2-5-9-22)24(28)13-12-21-14-17-27(18-15-21)25(29)16-19-30-23-10-6-3-7-11-23/h2-11,21H,12-20H2,1H3. The predicted molar refractivity (Wildman–Crippen MR) is 118 cm³/mol. The van der Waals surface area contributed by atoms with Crippen LogP contribution in [0.5, 0.6) is 5.75 Å². The first kappa shape index (κ1) is 21.9. The minimum atomic E-state index is 0.156. The van der Waals surface area contributed by atoms with Crippen LogP contribution in [-0.4, -0.2) is 48.4 Å². The van der Waals surface area contributed by atoms with Crippen molar-refractivity contribution in [3.05, 3.63) is 66.2 Å². The van der Waals surface area contributed by atoms with E-state index in [2.05, 4.69) is 0 Å². The van der Waals surface area contributed by atoms with Crippen LogP contribution in [0.2, 0.25) is 0 Å². The van der Waals surface area contributed by atoms with Crippen molar-refractivity contribution in [3.63, 3.8) is 0 Å². The summed E-state index contributed by atoms with van der Waals surface area (Å²) in [5.74, 6) is 1.66. The molecule has 2 amide bonds. The van der Waals surface area contributed by atoms with Gasteiger partial charge in [0, 0.05) is 33.1 Å². The van der Waals surface area contributed by atoms with Gasteiger partial charge in [-0.3, -0.25) is 9.59 Å². The highest BCUT2D eigenvalue weighted by Gasteiger charge is 2.23. The Kier molecular flexibility index (Phi) is 8.30. The molecule has 30 heavy (non-hydrogen) atoms. The maximum absolute atomic E-state index is 12.4. The number of carbonyl (C=O) groups is 2. The van der Waals surface area contributed by atoms with E-state index in [0.717, 1.165) is 43.7 Å². The summed E-state index contributed by atoms with van der Waals surface area (Å²) in [5.41, 5.74) is 1.15. The number of benzene rings is 2. The third kappa shape index (κ3) is 6.90. The van der Waals surface area contributed by atoms with Crippen molar-refractivity contribution < 1.29 is 14.3 Å². The van der Waals surface area contributed by atoms with Crippen molar-refractivity contribution in [1.82, 2.24) is 9.80 Å². The van der Waals surface area contributed by atoms with Crippen molar-refractivity contribution in [1.29, 1.82) is 0 Å². The van der Waals surface area contributed by atoms with E-state index in [-0.39, 0.29) is 11.8 Å².